The second-order valence-corrected chi connectivity index (χ2v) is 5.50. The highest BCUT2D eigenvalue weighted by Gasteiger charge is 2.24. The molecule has 4 heteroatoms. The van der Waals surface area contributed by atoms with E-state index in [4.69, 9.17) is 8.83 Å². The van der Waals surface area contributed by atoms with E-state index in [1.807, 2.05) is 41.5 Å². The van der Waals surface area contributed by atoms with E-state index < -0.39 is 0 Å². The van der Waals surface area contributed by atoms with Gasteiger partial charge in [-0.25, -0.2) is 0 Å². The van der Waals surface area contributed by atoms with Crippen LogP contribution in [0.4, 0.5) is 0 Å². The van der Waals surface area contributed by atoms with E-state index in [0.717, 1.165) is 22.3 Å². The van der Waals surface area contributed by atoms with Crippen LogP contribution in [0.2, 0.25) is 0 Å². The summed E-state index contributed by atoms with van der Waals surface area (Å²) in [6.45, 7) is 11.1. The molecule has 21 heavy (non-hydrogen) atoms. The normalized spacial score (nSPS) is 11.0. The predicted molar refractivity (Wildman–Crippen MR) is 79.1 cm³/mol. The standard InChI is InChI=1S/C17H20O4/c1-8-10(3)16(20-12(8)5)14(18)7-15(19)17-11(4)9(2)13(6)21-17/h7H2,1-6H3. The molecule has 0 saturated heterocycles. The molecule has 0 aromatic carbocycles. The third-order valence-corrected chi connectivity index (χ3v) is 4.20. The zero-order valence-electron chi connectivity index (χ0n) is 13.3. The molecule has 2 aromatic rings. The van der Waals surface area contributed by atoms with E-state index >= 15 is 0 Å². The minimum atomic E-state index is -0.306. The number of carbonyl (C=O) groups excluding carboxylic acids is 2. The lowest BCUT2D eigenvalue weighted by atomic mass is 10.0. The topological polar surface area (TPSA) is 60.4 Å². The number of hydrogen-bond donors (Lipinski definition) is 0. The van der Waals surface area contributed by atoms with Crippen molar-refractivity contribution in [3.8, 4) is 0 Å². The molecule has 2 heterocycles. The quantitative estimate of drug-likeness (QED) is 0.625. The van der Waals surface area contributed by atoms with Gasteiger partial charge in [-0.2, -0.15) is 0 Å². The first-order valence-corrected chi connectivity index (χ1v) is 6.93. The molecule has 0 spiro atoms. The lowest BCUT2D eigenvalue weighted by Gasteiger charge is -1.99. The summed E-state index contributed by atoms with van der Waals surface area (Å²) in [6, 6.07) is 0. The molecule has 2 rings (SSSR count). The van der Waals surface area contributed by atoms with Crippen LogP contribution in [-0.2, 0) is 0 Å². The first-order chi connectivity index (χ1) is 9.73. The van der Waals surface area contributed by atoms with Crippen molar-refractivity contribution in [1.29, 1.82) is 0 Å². The summed E-state index contributed by atoms with van der Waals surface area (Å²) >= 11 is 0. The van der Waals surface area contributed by atoms with Crippen LogP contribution in [0.1, 0.15) is 61.3 Å². The molecule has 0 fully saturated rings. The van der Waals surface area contributed by atoms with Gasteiger partial charge >= 0.3 is 0 Å². The van der Waals surface area contributed by atoms with Crippen LogP contribution >= 0.6 is 0 Å². The van der Waals surface area contributed by atoms with Gasteiger partial charge < -0.3 is 8.83 Å². The number of furan rings is 2. The van der Waals surface area contributed by atoms with E-state index in [9.17, 15) is 9.59 Å². The van der Waals surface area contributed by atoms with Gasteiger partial charge in [-0.05, 0) is 52.7 Å². The third kappa shape index (κ3) is 2.58. The van der Waals surface area contributed by atoms with Gasteiger partial charge in [0.1, 0.15) is 11.5 Å². The van der Waals surface area contributed by atoms with Gasteiger partial charge in [0.15, 0.2) is 11.5 Å². The Hall–Kier alpha value is -2.10. The van der Waals surface area contributed by atoms with Gasteiger partial charge in [0.05, 0.1) is 6.42 Å². The maximum absolute atomic E-state index is 12.3. The van der Waals surface area contributed by atoms with E-state index in [0.29, 0.717) is 11.5 Å². The molecule has 0 unspecified atom stereocenters. The largest absolute Gasteiger partial charge is 0.458 e. The lowest BCUT2D eigenvalue weighted by Crippen LogP contribution is -2.09. The molecule has 4 nitrogen and oxygen atoms in total. The second-order valence-electron chi connectivity index (χ2n) is 5.50. The number of Topliss-reactive ketones (excluding diaryl/α,β-unsaturated/α-hetero) is 2. The number of aryl methyl sites for hydroxylation is 2. The summed E-state index contributed by atoms with van der Waals surface area (Å²) in [5.41, 5.74) is 3.50. The Morgan fingerprint density at radius 3 is 1.24 bits per heavy atom. The van der Waals surface area contributed by atoms with Crippen molar-refractivity contribution >= 4 is 11.6 Å². The average molecular weight is 288 g/mol. The fraction of sp³-hybridized carbons (Fsp3) is 0.412. The van der Waals surface area contributed by atoms with E-state index in [2.05, 4.69) is 0 Å². The number of ketones is 2. The smallest absolute Gasteiger partial charge is 0.206 e. The Morgan fingerprint density at radius 1 is 0.667 bits per heavy atom. The highest BCUT2D eigenvalue weighted by Crippen LogP contribution is 2.25. The van der Waals surface area contributed by atoms with Crippen LogP contribution in [-0.4, -0.2) is 11.6 Å². The first-order valence-electron chi connectivity index (χ1n) is 6.93. The lowest BCUT2D eigenvalue weighted by molar-refractivity contribution is 0.0861. The maximum atomic E-state index is 12.3. The van der Waals surface area contributed by atoms with Crippen LogP contribution in [0.15, 0.2) is 8.83 Å². The third-order valence-electron chi connectivity index (χ3n) is 4.20. The van der Waals surface area contributed by atoms with Crippen molar-refractivity contribution in [2.45, 2.75) is 48.0 Å². The molecule has 0 radical (unpaired) electrons. The second kappa shape index (κ2) is 5.35. The molecule has 112 valence electrons. The molecule has 0 bridgehead atoms. The van der Waals surface area contributed by atoms with Crippen LogP contribution in [0.5, 0.6) is 0 Å². The van der Waals surface area contributed by atoms with Crippen molar-refractivity contribution in [2.24, 2.45) is 0 Å². The van der Waals surface area contributed by atoms with Crippen LogP contribution < -0.4 is 0 Å². The van der Waals surface area contributed by atoms with Gasteiger partial charge in [-0.3, -0.25) is 9.59 Å². The van der Waals surface area contributed by atoms with Crippen molar-refractivity contribution < 1.29 is 18.4 Å². The molecular formula is C17H20O4. The molecule has 2 aromatic heterocycles. The minimum Gasteiger partial charge on any atom is -0.458 e. The monoisotopic (exact) mass is 288 g/mol. The Kier molecular flexibility index (Phi) is 3.90. The van der Waals surface area contributed by atoms with Gasteiger partial charge in [0.2, 0.25) is 11.6 Å². The molecular weight excluding hydrogens is 268 g/mol. The summed E-state index contributed by atoms with van der Waals surface area (Å²) < 4.78 is 10.9. The van der Waals surface area contributed by atoms with Crippen molar-refractivity contribution in [3.05, 3.63) is 45.3 Å². The van der Waals surface area contributed by atoms with Crippen molar-refractivity contribution in [2.75, 3.05) is 0 Å². The van der Waals surface area contributed by atoms with E-state index in [-0.39, 0.29) is 29.5 Å². The van der Waals surface area contributed by atoms with Crippen molar-refractivity contribution in [1.82, 2.24) is 0 Å². The fourth-order valence-electron chi connectivity index (χ4n) is 2.32. The van der Waals surface area contributed by atoms with Crippen molar-refractivity contribution in [3.63, 3.8) is 0 Å². The van der Waals surface area contributed by atoms with Gasteiger partial charge in [0, 0.05) is 11.1 Å². The highest BCUT2D eigenvalue weighted by atomic mass is 16.4. The van der Waals surface area contributed by atoms with E-state index in [1.165, 1.54) is 0 Å². The molecule has 0 N–H and O–H groups in total. The molecule has 0 aliphatic rings. The SMILES string of the molecule is Cc1oc(C(=O)CC(=O)c2oc(C)c(C)c2C)c(C)c1C. The molecule has 0 saturated carbocycles. The van der Waals surface area contributed by atoms with E-state index in [1.54, 1.807) is 0 Å². The Labute approximate surface area is 124 Å². The summed E-state index contributed by atoms with van der Waals surface area (Å²) in [5, 5.41) is 0. The average Bonchev–Trinajstić information content (AvgIpc) is 2.84. The van der Waals surface area contributed by atoms with Gasteiger partial charge in [-0.1, -0.05) is 0 Å². The van der Waals surface area contributed by atoms with Crippen LogP contribution in [0.25, 0.3) is 0 Å². The zero-order valence-corrected chi connectivity index (χ0v) is 13.3. The fourth-order valence-corrected chi connectivity index (χ4v) is 2.32. The van der Waals surface area contributed by atoms with Crippen LogP contribution in [0.3, 0.4) is 0 Å². The first kappa shape index (κ1) is 15.3. The molecule has 0 aliphatic carbocycles. The minimum absolute atomic E-state index is 0.236. The summed E-state index contributed by atoms with van der Waals surface area (Å²) in [5.74, 6) is 1.36. The zero-order chi connectivity index (χ0) is 15.9. The number of carbonyl (C=O) groups is 2. The Bertz CT molecular complexity index is 666. The highest BCUT2D eigenvalue weighted by molar-refractivity contribution is 6.12. The molecule has 0 atom stereocenters. The Morgan fingerprint density at radius 2 is 1.00 bits per heavy atom. The summed E-state index contributed by atoms with van der Waals surface area (Å²) in [6.07, 6.45) is -0.236. The predicted octanol–water partition coefficient (Wildman–Crippen LogP) is 4.18. The maximum Gasteiger partial charge on any atom is 0.206 e. The summed E-state index contributed by atoms with van der Waals surface area (Å²) in [4.78, 5) is 24.5. The summed E-state index contributed by atoms with van der Waals surface area (Å²) in [7, 11) is 0. The Balaban J connectivity index is 2.25. The number of hydrogen-bond acceptors (Lipinski definition) is 4. The van der Waals surface area contributed by atoms with Gasteiger partial charge in [0.25, 0.3) is 0 Å². The van der Waals surface area contributed by atoms with Crippen LogP contribution in [0, 0.1) is 41.5 Å². The number of rotatable bonds is 4. The molecule has 0 amide bonds. The van der Waals surface area contributed by atoms with Gasteiger partial charge in [-0.15, -0.1) is 0 Å². The molecule has 0 aliphatic heterocycles.